The van der Waals surface area contributed by atoms with Crippen molar-refractivity contribution in [1.82, 2.24) is 0 Å². The number of hydrogen-bond donors (Lipinski definition) is 5. The van der Waals surface area contributed by atoms with Gasteiger partial charge in [-0.05, 0) is 10.6 Å². The monoisotopic (exact) mass is 364 g/mol. The molecule has 1 aliphatic heterocycles. The summed E-state index contributed by atoms with van der Waals surface area (Å²) < 4.78 is 7.37. The van der Waals surface area contributed by atoms with Crippen molar-refractivity contribution < 1.29 is 29.9 Å². The molecule has 0 spiro atoms. The number of halogens is 3. The molecule has 13 heteroatoms. The molecule has 1 aliphatic rings. The lowest BCUT2D eigenvalue weighted by molar-refractivity contribution is -0.322. The number of nitrogens with one attached hydrogen (secondary N) is 1. The van der Waals surface area contributed by atoms with Crippen LogP contribution in [0.25, 0.3) is 10.4 Å². The highest BCUT2D eigenvalue weighted by molar-refractivity contribution is 6.76. The number of ether oxygens (including phenoxy) is 2. The van der Waals surface area contributed by atoms with Gasteiger partial charge < -0.3 is 29.9 Å². The molecule has 0 aromatic heterocycles. The van der Waals surface area contributed by atoms with Gasteiger partial charge in [-0.2, -0.15) is 0 Å². The molecule has 21 heavy (non-hydrogen) atoms. The second-order valence-electron chi connectivity index (χ2n) is 4.04. The minimum absolute atomic E-state index is 0.758. The van der Waals surface area contributed by atoms with Crippen molar-refractivity contribution in [3.05, 3.63) is 10.4 Å². The fourth-order valence-electron chi connectivity index (χ4n) is 1.55. The number of hydrogen-bond acceptors (Lipinski definition) is 8. The minimum Gasteiger partial charge on any atom is -0.445 e. The van der Waals surface area contributed by atoms with Crippen LogP contribution >= 0.6 is 34.8 Å². The van der Waals surface area contributed by atoms with Crippen molar-refractivity contribution in [3.63, 3.8) is 0 Å². The van der Waals surface area contributed by atoms with Crippen LogP contribution in [0.5, 0.6) is 0 Å². The minimum atomic E-state index is -2.80. The second-order valence-corrected chi connectivity index (χ2v) is 6.32. The largest absolute Gasteiger partial charge is 0.445 e. The fraction of sp³-hybridized carbons (Fsp3) is 0.875. The molecule has 1 fully saturated rings. The van der Waals surface area contributed by atoms with Gasteiger partial charge in [0.2, 0.25) is 17.9 Å². The number of azide groups is 1. The summed E-state index contributed by atoms with van der Waals surface area (Å²) in [6.07, 6.45) is -7.24. The van der Waals surface area contributed by atoms with Gasteiger partial charge in [0, 0.05) is 4.91 Å². The van der Waals surface area contributed by atoms with Gasteiger partial charge in [-0.15, -0.1) is 0 Å². The van der Waals surface area contributed by atoms with Gasteiger partial charge in [0.05, 0.1) is 6.61 Å². The molecule has 120 valence electrons. The topological polar surface area (TPSA) is 172 Å². The van der Waals surface area contributed by atoms with Crippen LogP contribution in [0.1, 0.15) is 0 Å². The first-order chi connectivity index (χ1) is 9.57. The van der Waals surface area contributed by atoms with Crippen LogP contribution in [-0.4, -0.2) is 67.1 Å². The van der Waals surface area contributed by atoms with Gasteiger partial charge in [0.1, 0.15) is 18.3 Å². The summed E-state index contributed by atoms with van der Waals surface area (Å²) in [5.41, 5.74) is 5.63. The molecule has 0 saturated carbocycles. The Morgan fingerprint density at radius 1 is 1.48 bits per heavy atom. The predicted molar refractivity (Wildman–Crippen MR) is 71.0 cm³/mol. The molecular weight excluding hydrogens is 354 g/mol. The van der Waals surface area contributed by atoms with Crippen molar-refractivity contribution in [2.45, 2.75) is 34.1 Å². The Bertz CT molecular complexity index is 456. The third-order valence-electron chi connectivity index (χ3n) is 2.65. The molecule has 1 rings (SSSR count). The van der Waals surface area contributed by atoms with E-state index in [0.29, 0.717) is 0 Å². The highest BCUT2D eigenvalue weighted by atomic mass is 35.6. The zero-order valence-electron chi connectivity index (χ0n) is 10.1. The number of alkyl halides is 3. The standard InChI is InChI=1S/C8H11Cl3N4O6/c9-8(10,11)5(12)21-6-7(19,14-15-13)4(18)3(17)2(1-16)20-6/h2-4,6,12,16-19H,1H2/t2-,3-,4+,6?,7-/m1/s1. The fourth-order valence-corrected chi connectivity index (χ4v) is 1.68. The van der Waals surface area contributed by atoms with E-state index in [1.165, 1.54) is 0 Å². The second kappa shape index (κ2) is 6.69. The smallest absolute Gasteiger partial charge is 0.265 e. The molecule has 0 aromatic carbocycles. The summed E-state index contributed by atoms with van der Waals surface area (Å²) in [7, 11) is 0. The summed E-state index contributed by atoms with van der Waals surface area (Å²) in [5, 5.41) is 48.9. The molecule has 0 radical (unpaired) electrons. The van der Waals surface area contributed by atoms with Crippen LogP contribution in [0.15, 0.2) is 5.11 Å². The van der Waals surface area contributed by atoms with Crippen molar-refractivity contribution in [3.8, 4) is 0 Å². The Labute approximate surface area is 132 Å². The Hall–Kier alpha value is -0.550. The van der Waals surface area contributed by atoms with Crippen LogP contribution in [0.4, 0.5) is 0 Å². The van der Waals surface area contributed by atoms with E-state index < -0.39 is 46.6 Å². The third-order valence-corrected chi connectivity index (χ3v) is 3.17. The van der Waals surface area contributed by atoms with Crippen molar-refractivity contribution in [1.29, 1.82) is 5.41 Å². The van der Waals surface area contributed by atoms with Crippen molar-refractivity contribution in [2.75, 3.05) is 6.61 Å². The van der Waals surface area contributed by atoms with E-state index in [2.05, 4.69) is 10.0 Å². The van der Waals surface area contributed by atoms with Crippen LogP contribution in [0.3, 0.4) is 0 Å². The maximum atomic E-state index is 10.1. The zero-order valence-corrected chi connectivity index (χ0v) is 12.4. The summed E-state index contributed by atoms with van der Waals surface area (Å²) in [6.45, 7) is -0.758. The van der Waals surface area contributed by atoms with E-state index in [4.69, 9.17) is 60.3 Å². The molecule has 0 aromatic rings. The summed E-state index contributed by atoms with van der Waals surface area (Å²) in [6, 6.07) is 0. The first-order valence-corrected chi connectivity index (χ1v) is 6.44. The summed E-state index contributed by atoms with van der Waals surface area (Å²) in [4.78, 5) is 2.30. The first-order valence-electron chi connectivity index (χ1n) is 5.31. The van der Waals surface area contributed by atoms with E-state index in [0.717, 1.165) is 0 Å². The van der Waals surface area contributed by atoms with Crippen molar-refractivity contribution in [2.24, 2.45) is 5.11 Å². The number of rotatable bonds is 3. The Morgan fingerprint density at radius 3 is 2.48 bits per heavy atom. The summed E-state index contributed by atoms with van der Waals surface area (Å²) >= 11 is 16.2. The molecule has 0 amide bonds. The van der Waals surface area contributed by atoms with Gasteiger partial charge in [0.25, 0.3) is 3.79 Å². The maximum absolute atomic E-state index is 10.1. The van der Waals surface area contributed by atoms with Crippen LogP contribution < -0.4 is 0 Å². The van der Waals surface area contributed by atoms with Crippen LogP contribution in [-0.2, 0) is 9.47 Å². The predicted octanol–water partition coefficient (Wildman–Crippen LogP) is -0.212. The molecule has 5 atom stereocenters. The summed E-state index contributed by atoms with van der Waals surface area (Å²) in [5.74, 6) is -0.996. The third kappa shape index (κ3) is 3.81. The molecule has 1 heterocycles. The molecular formula is C8H11Cl3N4O6. The zero-order chi connectivity index (χ0) is 16.4. The SMILES string of the molecule is [N-]=[N+]=N[C@]1(O)C(OC(=N)C(Cl)(Cl)Cl)O[C@H](CO)[C@@H](O)[C@@H]1O. The molecule has 0 bridgehead atoms. The highest BCUT2D eigenvalue weighted by Crippen LogP contribution is 2.35. The number of aliphatic hydroxyl groups is 4. The number of nitrogens with zero attached hydrogens (tertiary/aromatic N) is 3. The van der Waals surface area contributed by atoms with Gasteiger partial charge in [0.15, 0.2) is 0 Å². The lowest BCUT2D eigenvalue weighted by atomic mass is 9.94. The lowest BCUT2D eigenvalue weighted by Crippen LogP contribution is -2.66. The van der Waals surface area contributed by atoms with Crippen molar-refractivity contribution >= 4 is 40.7 Å². The molecule has 1 unspecified atom stereocenters. The van der Waals surface area contributed by atoms with Gasteiger partial charge in [-0.1, -0.05) is 34.8 Å². The first kappa shape index (κ1) is 18.5. The Morgan fingerprint density at radius 2 is 2.05 bits per heavy atom. The van der Waals surface area contributed by atoms with E-state index >= 15 is 0 Å². The van der Waals surface area contributed by atoms with E-state index in [-0.39, 0.29) is 0 Å². The highest BCUT2D eigenvalue weighted by Gasteiger charge is 2.57. The normalized spacial score (nSPS) is 36.7. The number of aliphatic hydroxyl groups excluding tert-OH is 3. The van der Waals surface area contributed by atoms with E-state index in [9.17, 15) is 15.3 Å². The average molecular weight is 366 g/mol. The lowest BCUT2D eigenvalue weighted by Gasteiger charge is -2.45. The maximum Gasteiger partial charge on any atom is 0.265 e. The Balaban J connectivity index is 3.11. The van der Waals surface area contributed by atoms with E-state index in [1.807, 2.05) is 0 Å². The molecule has 0 aliphatic carbocycles. The molecule has 1 saturated heterocycles. The molecule has 5 N–H and O–H groups in total. The Kier molecular flexibility index (Phi) is 5.90. The van der Waals surface area contributed by atoms with E-state index in [1.54, 1.807) is 0 Å². The van der Waals surface area contributed by atoms with Crippen LogP contribution in [0, 0.1) is 5.41 Å². The van der Waals surface area contributed by atoms with Crippen LogP contribution in [0.2, 0.25) is 0 Å². The van der Waals surface area contributed by atoms with Gasteiger partial charge in [-0.3, -0.25) is 5.41 Å². The average Bonchev–Trinajstić information content (AvgIpc) is 2.39. The van der Waals surface area contributed by atoms with Gasteiger partial charge in [-0.25, -0.2) is 0 Å². The quantitative estimate of drug-likeness (QED) is 0.115. The molecule has 10 nitrogen and oxygen atoms in total. The van der Waals surface area contributed by atoms with Gasteiger partial charge >= 0.3 is 0 Å².